The van der Waals surface area contributed by atoms with Crippen molar-refractivity contribution in [3.8, 4) is 0 Å². The molecule has 1 aromatic heterocycles. The summed E-state index contributed by atoms with van der Waals surface area (Å²) in [5.41, 5.74) is 2.01. The van der Waals surface area contributed by atoms with Crippen LogP contribution < -0.4 is 4.90 Å². The Balaban J connectivity index is 1.77. The van der Waals surface area contributed by atoms with E-state index >= 15 is 0 Å². The molecule has 7 heteroatoms. The first-order valence-corrected chi connectivity index (χ1v) is 8.21. The Morgan fingerprint density at radius 2 is 1.96 bits per heavy atom. The normalized spacial score (nSPS) is 15.2. The van der Waals surface area contributed by atoms with E-state index < -0.39 is 5.97 Å². The first-order valence-electron chi connectivity index (χ1n) is 7.40. The lowest BCUT2D eigenvalue weighted by Gasteiger charge is -2.17. The minimum atomic E-state index is -1.02. The molecule has 1 aliphatic rings. The van der Waals surface area contributed by atoms with E-state index in [9.17, 15) is 9.90 Å². The molecule has 23 heavy (non-hydrogen) atoms. The zero-order valence-corrected chi connectivity index (χ0v) is 13.5. The molecule has 1 fully saturated rings. The third-order valence-electron chi connectivity index (χ3n) is 3.58. The summed E-state index contributed by atoms with van der Waals surface area (Å²) in [5, 5.41) is 17.1. The second-order valence-electron chi connectivity index (χ2n) is 5.29. The van der Waals surface area contributed by atoms with Crippen LogP contribution in [-0.4, -0.2) is 34.4 Å². The van der Waals surface area contributed by atoms with E-state index in [1.165, 1.54) is 18.5 Å². The zero-order valence-electron chi connectivity index (χ0n) is 12.7. The summed E-state index contributed by atoms with van der Waals surface area (Å²) in [6, 6.07) is 7.91. The average Bonchev–Trinajstić information content (AvgIpc) is 3.19. The van der Waals surface area contributed by atoms with Gasteiger partial charge in [-0.25, -0.2) is 4.79 Å². The van der Waals surface area contributed by atoms with Gasteiger partial charge < -0.3 is 14.4 Å². The van der Waals surface area contributed by atoms with Gasteiger partial charge in [-0.3, -0.25) is 0 Å². The molecule has 1 saturated heterocycles. The predicted octanol–water partition coefficient (Wildman–Crippen LogP) is 3.20. The summed E-state index contributed by atoms with van der Waals surface area (Å²) in [7, 11) is 0. The smallest absolute Gasteiger partial charge is 0.342 e. The molecule has 0 unspecified atom stereocenters. The highest BCUT2D eigenvalue weighted by Gasteiger charge is 2.15. The van der Waals surface area contributed by atoms with Crippen molar-refractivity contribution >= 4 is 29.5 Å². The molecule has 2 heterocycles. The first-order chi connectivity index (χ1) is 11.1. The third kappa shape index (κ3) is 3.92. The van der Waals surface area contributed by atoms with Crippen LogP contribution in [0.3, 0.4) is 0 Å². The lowest BCUT2D eigenvalue weighted by molar-refractivity contribution is -0.131. The van der Waals surface area contributed by atoms with Crippen molar-refractivity contribution in [3.05, 3.63) is 40.6 Å². The number of hydrogen-bond acceptors (Lipinski definition) is 6. The molecule has 120 valence electrons. The summed E-state index contributed by atoms with van der Waals surface area (Å²) in [4.78, 5) is 13.9. The van der Waals surface area contributed by atoms with Gasteiger partial charge in [-0.1, -0.05) is 12.1 Å². The lowest BCUT2D eigenvalue weighted by Crippen LogP contribution is -2.17. The fraction of sp³-hybridized carbons (Fsp3) is 0.312. The largest absolute Gasteiger partial charge is 0.477 e. The third-order valence-corrected chi connectivity index (χ3v) is 4.43. The summed E-state index contributed by atoms with van der Waals surface area (Å²) in [6.45, 7) is 3.84. The van der Waals surface area contributed by atoms with E-state index in [0.29, 0.717) is 5.89 Å². The average molecular weight is 331 g/mol. The minimum Gasteiger partial charge on any atom is -0.477 e. The number of carboxylic acid groups (broad SMARTS) is 1. The molecule has 0 saturated carbocycles. The highest BCUT2D eigenvalue weighted by Crippen LogP contribution is 2.28. The Bertz CT molecular complexity index is 718. The van der Waals surface area contributed by atoms with Gasteiger partial charge in [0, 0.05) is 25.7 Å². The van der Waals surface area contributed by atoms with Gasteiger partial charge in [0.25, 0.3) is 5.22 Å². The van der Waals surface area contributed by atoms with Crippen LogP contribution in [0, 0.1) is 6.92 Å². The molecule has 1 N–H and O–H groups in total. The molecule has 0 amide bonds. The molecule has 6 nitrogen and oxygen atoms in total. The Morgan fingerprint density at radius 3 is 2.52 bits per heavy atom. The Kier molecular flexibility index (Phi) is 4.66. The van der Waals surface area contributed by atoms with Gasteiger partial charge in [0.2, 0.25) is 5.89 Å². The van der Waals surface area contributed by atoms with Gasteiger partial charge in [0.1, 0.15) is 4.91 Å². The number of anilines is 1. The van der Waals surface area contributed by atoms with Crippen LogP contribution in [0.5, 0.6) is 0 Å². The highest BCUT2D eigenvalue weighted by molar-refractivity contribution is 8.03. The van der Waals surface area contributed by atoms with Crippen molar-refractivity contribution in [2.75, 3.05) is 18.0 Å². The quantitative estimate of drug-likeness (QED) is 0.665. The van der Waals surface area contributed by atoms with Gasteiger partial charge in [-0.2, -0.15) is 0 Å². The zero-order chi connectivity index (χ0) is 16.2. The number of benzene rings is 1. The van der Waals surface area contributed by atoms with E-state index in [0.717, 1.165) is 30.4 Å². The topological polar surface area (TPSA) is 79.5 Å². The van der Waals surface area contributed by atoms with Gasteiger partial charge in [-0.15, -0.1) is 10.2 Å². The van der Waals surface area contributed by atoms with E-state index in [-0.39, 0.29) is 10.1 Å². The van der Waals surface area contributed by atoms with Gasteiger partial charge in [0.15, 0.2) is 0 Å². The number of aryl methyl sites for hydroxylation is 1. The summed E-state index contributed by atoms with van der Waals surface area (Å²) in [6.07, 6.45) is 4.07. The predicted molar refractivity (Wildman–Crippen MR) is 88.4 cm³/mol. The molecule has 0 bridgehead atoms. The van der Waals surface area contributed by atoms with E-state index in [4.69, 9.17) is 4.42 Å². The number of aromatic nitrogens is 2. The Labute approximate surface area is 138 Å². The van der Waals surface area contributed by atoms with Gasteiger partial charge in [0.05, 0.1) is 0 Å². The lowest BCUT2D eigenvalue weighted by atomic mass is 10.2. The molecular weight excluding hydrogens is 314 g/mol. The van der Waals surface area contributed by atoms with Crippen molar-refractivity contribution in [1.82, 2.24) is 10.2 Å². The van der Waals surface area contributed by atoms with E-state index in [1.807, 2.05) is 24.3 Å². The maximum Gasteiger partial charge on any atom is 0.342 e. The van der Waals surface area contributed by atoms with Crippen LogP contribution in [0.25, 0.3) is 6.08 Å². The maximum atomic E-state index is 11.4. The number of thioether (sulfide) groups is 1. The number of aliphatic carboxylic acids is 1. The van der Waals surface area contributed by atoms with Crippen molar-refractivity contribution in [2.45, 2.75) is 25.0 Å². The number of rotatable bonds is 5. The van der Waals surface area contributed by atoms with Crippen LogP contribution in [-0.2, 0) is 4.79 Å². The molecule has 2 aromatic rings. The van der Waals surface area contributed by atoms with E-state index in [2.05, 4.69) is 15.1 Å². The molecular formula is C16H17N3O3S. The molecule has 0 aliphatic carbocycles. The summed E-state index contributed by atoms with van der Waals surface area (Å²) in [5.74, 6) is -0.610. The van der Waals surface area contributed by atoms with Crippen molar-refractivity contribution in [3.63, 3.8) is 0 Å². The summed E-state index contributed by atoms with van der Waals surface area (Å²) >= 11 is 0.953. The fourth-order valence-electron chi connectivity index (χ4n) is 2.46. The second kappa shape index (κ2) is 6.87. The maximum absolute atomic E-state index is 11.4. The van der Waals surface area contributed by atoms with Gasteiger partial charge >= 0.3 is 5.97 Å². The van der Waals surface area contributed by atoms with Crippen LogP contribution in [0.4, 0.5) is 5.69 Å². The first kappa shape index (κ1) is 15.6. The van der Waals surface area contributed by atoms with Crippen LogP contribution in [0.2, 0.25) is 0 Å². The SMILES string of the molecule is Cc1nnc(S/C(=C/c2ccc(N3CCCC3)cc2)C(=O)O)o1. The number of hydrogen-bond donors (Lipinski definition) is 1. The Morgan fingerprint density at radius 1 is 1.26 bits per heavy atom. The number of nitrogens with zero attached hydrogens (tertiary/aromatic N) is 3. The summed E-state index contributed by atoms with van der Waals surface area (Å²) < 4.78 is 5.22. The van der Waals surface area contributed by atoms with Crippen molar-refractivity contribution in [2.24, 2.45) is 0 Å². The van der Waals surface area contributed by atoms with Crippen molar-refractivity contribution in [1.29, 1.82) is 0 Å². The minimum absolute atomic E-state index is 0.141. The molecule has 1 aliphatic heterocycles. The molecule has 0 spiro atoms. The molecule has 1 aromatic carbocycles. The van der Waals surface area contributed by atoms with Crippen LogP contribution in [0.1, 0.15) is 24.3 Å². The van der Waals surface area contributed by atoms with Gasteiger partial charge in [-0.05, 0) is 48.4 Å². The number of carboxylic acids is 1. The molecule has 0 atom stereocenters. The standard InChI is InChI=1S/C16H17N3O3S/c1-11-17-18-16(22-11)23-14(15(20)21)10-12-4-6-13(7-5-12)19-8-2-3-9-19/h4-7,10H,2-3,8-9H2,1H3,(H,20,21)/b14-10+. The van der Waals surface area contributed by atoms with Crippen LogP contribution in [0.15, 0.2) is 38.8 Å². The molecule has 0 radical (unpaired) electrons. The second-order valence-corrected chi connectivity index (χ2v) is 6.28. The molecule has 3 rings (SSSR count). The number of carbonyl (C=O) groups is 1. The fourth-order valence-corrected chi connectivity index (χ4v) is 3.17. The highest BCUT2D eigenvalue weighted by atomic mass is 32.2. The van der Waals surface area contributed by atoms with E-state index in [1.54, 1.807) is 13.0 Å². The Hall–Kier alpha value is -2.28. The van der Waals surface area contributed by atoms with Crippen LogP contribution >= 0.6 is 11.8 Å². The van der Waals surface area contributed by atoms with Crippen molar-refractivity contribution < 1.29 is 14.3 Å². The monoisotopic (exact) mass is 331 g/mol.